The molecule has 7 nitrogen and oxygen atoms in total. The lowest BCUT2D eigenvalue weighted by Gasteiger charge is -2.40. The third kappa shape index (κ3) is 3.07. The fourth-order valence-corrected chi connectivity index (χ4v) is 6.38. The summed E-state index contributed by atoms with van der Waals surface area (Å²) in [6.07, 6.45) is 1.69. The van der Waals surface area contributed by atoms with Crippen molar-refractivity contribution in [3.63, 3.8) is 0 Å². The van der Waals surface area contributed by atoms with Crippen molar-refractivity contribution in [2.75, 3.05) is 36.0 Å². The number of carbonyl (C=O) groups is 1. The predicted molar refractivity (Wildman–Crippen MR) is 111 cm³/mol. The Balaban J connectivity index is 1.41. The van der Waals surface area contributed by atoms with Crippen LogP contribution in [0.3, 0.4) is 0 Å². The first-order chi connectivity index (χ1) is 14.3. The van der Waals surface area contributed by atoms with Crippen LogP contribution in [0.15, 0.2) is 35.2 Å². The van der Waals surface area contributed by atoms with E-state index in [1.807, 2.05) is 11.8 Å². The smallest absolute Gasteiger partial charge is 0.243 e. The maximum absolute atomic E-state index is 13.5. The molecule has 1 amide bonds. The van der Waals surface area contributed by atoms with E-state index in [1.165, 1.54) is 10.4 Å². The number of hydrogen-bond acceptors (Lipinski definition) is 5. The summed E-state index contributed by atoms with van der Waals surface area (Å²) in [6.45, 7) is 3.60. The van der Waals surface area contributed by atoms with Gasteiger partial charge in [-0.2, -0.15) is 8.70 Å². The third-order valence-corrected chi connectivity index (χ3v) is 8.09. The van der Waals surface area contributed by atoms with E-state index < -0.39 is 16.0 Å². The van der Waals surface area contributed by atoms with E-state index in [1.54, 1.807) is 29.2 Å². The molecule has 5 rings (SSSR count). The van der Waals surface area contributed by atoms with Crippen LogP contribution in [0.1, 0.15) is 24.5 Å². The number of nitrogens with zero attached hydrogens (tertiary/aromatic N) is 4. The average molecular weight is 431 g/mol. The summed E-state index contributed by atoms with van der Waals surface area (Å²) in [7, 11) is -3.66. The molecule has 0 N–H and O–H groups in total. The van der Waals surface area contributed by atoms with Gasteiger partial charge in [0.2, 0.25) is 21.9 Å². The summed E-state index contributed by atoms with van der Waals surface area (Å²) < 4.78 is 41.8. The van der Waals surface area contributed by atoms with Crippen molar-refractivity contribution < 1.29 is 17.6 Å². The van der Waals surface area contributed by atoms with E-state index in [0.717, 1.165) is 16.8 Å². The number of anilines is 2. The van der Waals surface area contributed by atoms with E-state index in [0.29, 0.717) is 56.2 Å². The Bertz CT molecular complexity index is 1140. The lowest BCUT2D eigenvalue weighted by Crippen LogP contribution is -2.54. The molecule has 1 saturated heterocycles. The highest BCUT2D eigenvalue weighted by Gasteiger charge is 2.36. The molecule has 4 heterocycles. The number of halogens is 1. The lowest BCUT2D eigenvalue weighted by atomic mass is 10.00. The van der Waals surface area contributed by atoms with E-state index in [4.69, 9.17) is 0 Å². The molecule has 1 fully saturated rings. The molecule has 0 radical (unpaired) electrons. The molecule has 3 aliphatic rings. The maximum atomic E-state index is 13.5. The standard InChI is InChI=1S/C21H23FN4O3S/c1-14-13-24(9-10-25(14)19-4-2-3-18(22)23-19)30(28,29)17-11-15-5-6-20(27)26-8-7-16(12-17)21(15)26/h2-4,11-12,14H,5-10,13H2,1H3. The number of hydrogen-bond donors (Lipinski definition) is 0. The second-order valence-corrected chi connectivity index (χ2v) is 10.0. The molecular weight excluding hydrogens is 407 g/mol. The Morgan fingerprint density at radius 2 is 1.83 bits per heavy atom. The normalized spacial score (nSPS) is 21.8. The van der Waals surface area contributed by atoms with Gasteiger partial charge in [-0.25, -0.2) is 13.4 Å². The minimum atomic E-state index is -3.66. The summed E-state index contributed by atoms with van der Waals surface area (Å²) in [5.74, 6) is 0.0911. The van der Waals surface area contributed by atoms with Gasteiger partial charge in [-0.1, -0.05) is 6.07 Å². The predicted octanol–water partition coefficient (Wildman–Crippen LogP) is 1.96. The summed E-state index contributed by atoms with van der Waals surface area (Å²) >= 11 is 0. The van der Waals surface area contributed by atoms with Crippen molar-refractivity contribution in [2.24, 2.45) is 0 Å². The van der Waals surface area contributed by atoms with Crippen LogP contribution in [0, 0.1) is 5.95 Å². The van der Waals surface area contributed by atoms with E-state index >= 15 is 0 Å². The molecule has 1 aromatic carbocycles. The Kier molecular flexibility index (Phi) is 4.55. The number of amides is 1. The first-order valence-electron chi connectivity index (χ1n) is 10.2. The second kappa shape index (κ2) is 7.02. The Morgan fingerprint density at radius 1 is 1.07 bits per heavy atom. The molecule has 0 spiro atoms. The van der Waals surface area contributed by atoms with E-state index in [-0.39, 0.29) is 11.9 Å². The second-order valence-electron chi connectivity index (χ2n) is 8.11. The van der Waals surface area contributed by atoms with Crippen LogP contribution >= 0.6 is 0 Å². The van der Waals surface area contributed by atoms with Gasteiger partial charge in [0.05, 0.1) is 10.6 Å². The number of pyridine rings is 1. The van der Waals surface area contributed by atoms with Crippen molar-refractivity contribution in [1.29, 1.82) is 0 Å². The number of aromatic nitrogens is 1. The van der Waals surface area contributed by atoms with Crippen molar-refractivity contribution >= 4 is 27.4 Å². The molecule has 158 valence electrons. The molecule has 0 bridgehead atoms. The van der Waals surface area contributed by atoms with Gasteiger partial charge in [-0.05, 0) is 55.2 Å². The molecule has 3 aliphatic heterocycles. The highest BCUT2D eigenvalue weighted by molar-refractivity contribution is 7.89. The lowest BCUT2D eigenvalue weighted by molar-refractivity contribution is -0.118. The van der Waals surface area contributed by atoms with Crippen LogP contribution in [-0.4, -0.2) is 55.8 Å². The summed E-state index contributed by atoms with van der Waals surface area (Å²) in [5, 5.41) is 0. The molecule has 1 atom stereocenters. The quantitative estimate of drug-likeness (QED) is 0.696. The van der Waals surface area contributed by atoms with Crippen LogP contribution in [0.4, 0.5) is 15.9 Å². The van der Waals surface area contributed by atoms with Gasteiger partial charge < -0.3 is 9.80 Å². The third-order valence-electron chi connectivity index (χ3n) is 6.25. The van der Waals surface area contributed by atoms with Crippen LogP contribution in [0.25, 0.3) is 0 Å². The summed E-state index contributed by atoms with van der Waals surface area (Å²) in [6, 6.07) is 7.98. The fourth-order valence-electron chi connectivity index (χ4n) is 4.76. The molecule has 9 heteroatoms. The van der Waals surface area contributed by atoms with Crippen LogP contribution in [0.2, 0.25) is 0 Å². The Hall–Kier alpha value is -2.52. The van der Waals surface area contributed by atoms with Crippen molar-refractivity contribution in [2.45, 2.75) is 37.1 Å². The Labute approximate surface area is 175 Å². The molecular formula is C21H23FN4O3S. The topological polar surface area (TPSA) is 73.8 Å². The number of rotatable bonds is 3. The van der Waals surface area contributed by atoms with E-state index in [2.05, 4.69) is 4.98 Å². The van der Waals surface area contributed by atoms with Crippen LogP contribution in [-0.2, 0) is 27.7 Å². The van der Waals surface area contributed by atoms with Crippen molar-refractivity contribution in [1.82, 2.24) is 9.29 Å². The van der Waals surface area contributed by atoms with Gasteiger partial charge in [-0.15, -0.1) is 0 Å². The molecule has 0 aliphatic carbocycles. The minimum absolute atomic E-state index is 0.118. The zero-order chi connectivity index (χ0) is 21.0. The summed E-state index contributed by atoms with van der Waals surface area (Å²) in [5.41, 5.74) is 2.80. The molecule has 1 unspecified atom stereocenters. The van der Waals surface area contributed by atoms with Gasteiger partial charge in [-0.3, -0.25) is 4.79 Å². The van der Waals surface area contributed by atoms with Crippen LogP contribution < -0.4 is 9.80 Å². The van der Waals surface area contributed by atoms with Crippen molar-refractivity contribution in [3.05, 3.63) is 47.4 Å². The Morgan fingerprint density at radius 3 is 2.57 bits per heavy atom. The molecule has 2 aromatic rings. The van der Waals surface area contributed by atoms with Gasteiger partial charge in [0.15, 0.2) is 0 Å². The van der Waals surface area contributed by atoms with E-state index in [9.17, 15) is 17.6 Å². The largest absolute Gasteiger partial charge is 0.351 e. The van der Waals surface area contributed by atoms with Gasteiger partial charge in [0.25, 0.3) is 0 Å². The van der Waals surface area contributed by atoms with Crippen LogP contribution in [0.5, 0.6) is 0 Å². The molecule has 1 aromatic heterocycles. The van der Waals surface area contributed by atoms with Gasteiger partial charge in [0, 0.05) is 38.6 Å². The van der Waals surface area contributed by atoms with Gasteiger partial charge >= 0.3 is 0 Å². The van der Waals surface area contributed by atoms with Gasteiger partial charge in [0.1, 0.15) is 5.82 Å². The number of sulfonamides is 1. The average Bonchev–Trinajstić information content (AvgIpc) is 3.16. The zero-order valence-electron chi connectivity index (χ0n) is 16.7. The fraction of sp³-hybridized carbons (Fsp3) is 0.429. The number of benzene rings is 1. The molecule has 0 saturated carbocycles. The molecule has 30 heavy (non-hydrogen) atoms. The number of piperazine rings is 1. The first-order valence-corrected chi connectivity index (χ1v) is 11.6. The van der Waals surface area contributed by atoms with Crippen molar-refractivity contribution in [3.8, 4) is 0 Å². The monoisotopic (exact) mass is 430 g/mol. The maximum Gasteiger partial charge on any atom is 0.243 e. The SMILES string of the molecule is CC1CN(S(=O)(=O)c2cc3c4c(c2)CCN4C(=O)CC3)CCN1c1cccc(F)n1. The number of carbonyl (C=O) groups excluding carboxylic acids is 1. The highest BCUT2D eigenvalue weighted by atomic mass is 32.2. The number of aryl methyl sites for hydroxylation is 1. The summed E-state index contributed by atoms with van der Waals surface area (Å²) in [4.78, 5) is 20.1. The zero-order valence-corrected chi connectivity index (χ0v) is 17.5. The highest BCUT2D eigenvalue weighted by Crippen LogP contribution is 2.39. The first kappa shape index (κ1) is 19.4. The minimum Gasteiger partial charge on any atom is -0.351 e.